The van der Waals surface area contributed by atoms with Crippen LogP contribution in [0, 0.1) is 5.82 Å². The molecule has 18 heavy (non-hydrogen) atoms. The summed E-state index contributed by atoms with van der Waals surface area (Å²) in [6.45, 7) is 7.48. The van der Waals surface area contributed by atoms with Crippen LogP contribution in [0.3, 0.4) is 0 Å². The SMILES string of the molecule is CC(=O)c1ccc(N2CC(C)SC(C)C2)c(F)c1. The smallest absolute Gasteiger partial charge is 0.159 e. The number of benzene rings is 1. The van der Waals surface area contributed by atoms with Gasteiger partial charge in [0.05, 0.1) is 5.69 Å². The maximum atomic E-state index is 14.0. The first-order valence-electron chi connectivity index (χ1n) is 6.18. The first-order valence-corrected chi connectivity index (χ1v) is 7.12. The number of hydrogen-bond acceptors (Lipinski definition) is 3. The Kier molecular flexibility index (Phi) is 3.95. The minimum Gasteiger partial charge on any atom is -0.367 e. The zero-order chi connectivity index (χ0) is 13.3. The number of rotatable bonds is 2. The van der Waals surface area contributed by atoms with Gasteiger partial charge >= 0.3 is 0 Å². The summed E-state index contributed by atoms with van der Waals surface area (Å²) >= 11 is 1.94. The molecule has 1 heterocycles. The summed E-state index contributed by atoms with van der Waals surface area (Å²) in [5.74, 6) is -0.398. The molecule has 0 aliphatic carbocycles. The van der Waals surface area contributed by atoms with Crippen LogP contribution >= 0.6 is 11.8 Å². The third kappa shape index (κ3) is 2.86. The van der Waals surface area contributed by atoms with Crippen molar-refractivity contribution in [2.24, 2.45) is 0 Å². The van der Waals surface area contributed by atoms with Gasteiger partial charge in [-0.1, -0.05) is 13.8 Å². The van der Waals surface area contributed by atoms with Crippen molar-refractivity contribution in [3.8, 4) is 0 Å². The van der Waals surface area contributed by atoms with Crippen LogP contribution in [0.2, 0.25) is 0 Å². The van der Waals surface area contributed by atoms with E-state index in [2.05, 4.69) is 18.7 Å². The van der Waals surface area contributed by atoms with Crippen molar-refractivity contribution in [1.82, 2.24) is 0 Å². The molecule has 0 radical (unpaired) electrons. The van der Waals surface area contributed by atoms with Crippen LogP contribution in [0.25, 0.3) is 0 Å². The molecule has 0 bridgehead atoms. The molecule has 1 aliphatic rings. The fourth-order valence-electron chi connectivity index (χ4n) is 2.36. The molecule has 1 aromatic rings. The molecule has 1 aromatic carbocycles. The lowest BCUT2D eigenvalue weighted by molar-refractivity contribution is 0.101. The number of thioether (sulfide) groups is 1. The third-order valence-electron chi connectivity index (χ3n) is 3.11. The maximum Gasteiger partial charge on any atom is 0.159 e. The van der Waals surface area contributed by atoms with E-state index in [4.69, 9.17) is 0 Å². The number of carbonyl (C=O) groups is 1. The average molecular weight is 267 g/mol. The molecule has 0 saturated carbocycles. The van der Waals surface area contributed by atoms with Crippen LogP contribution in [0.15, 0.2) is 18.2 Å². The van der Waals surface area contributed by atoms with E-state index >= 15 is 0 Å². The number of nitrogens with zero attached hydrogens (tertiary/aromatic N) is 1. The average Bonchev–Trinajstić information content (AvgIpc) is 2.27. The van der Waals surface area contributed by atoms with E-state index in [0.29, 0.717) is 21.8 Å². The monoisotopic (exact) mass is 267 g/mol. The lowest BCUT2D eigenvalue weighted by Crippen LogP contribution is -2.40. The number of ketones is 1. The van der Waals surface area contributed by atoms with Crippen molar-refractivity contribution in [2.75, 3.05) is 18.0 Å². The van der Waals surface area contributed by atoms with Gasteiger partial charge in [0.1, 0.15) is 5.82 Å². The predicted octanol–water partition coefficient (Wildman–Crippen LogP) is 3.36. The number of halogens is 1. The molecule has 2 nitrogen and oxygen atoms in total. The van der Waals surface area contributed by atoms with Gasteiger partial charge in [-0.15, -0.1) is 0 Å². The van der Waals surface area contributed by atoms with E-state index in [1.807, 2.05) is 11.8 Å². The van der Waals surface area contributed by atoms with Crippen LogP contribution in [-0.4, -0.2) is 29.4 Å². The van der Waals surface area contributed by atoms with Crippen molar-refractivity contribution in [3.63, 3.8) is 0 Å². The molecule has 98 valence electrons. The fourth-order valence-corrected chi connectivity index (χ4v) is 3.68. The highest BCUT2D eigenvalue weighted by Gasteiger charge is 2.24. The molecular formula is C14H18FNOS. The molecule has 1 aliphatic heterocycles. The van der Waals surface area contributed by atoms with Gasteiger partial charge < -0.3 is 4.90 Å². The lowest BCUT2D eigenvalue weighted by atomic mass is 10.1. The van der Waals surface area contributed by atoms with Crippen LogP contribution in [0.1, 0.15) is 31.1 Å². The van der Waals surface area contributed by atoms with E-state index in [0.717, 1.165) is 13.1 Å². The number of anilines is 1. The van der Waals surface area contributed by atoms with Crippen LogP contribution < -0.4 is 4.90 Å². The molecule has 2 unspecified atom stereocenters. The fraction of sp³-hybridized carbons (Fsp3) is 0.500. The normalized spacial score (nSPS) is 24.1. The molecule has 1 fully saturated rings. The molecule has 0 amide bonds. The second-order valence-electron chi connectivity index (χ2n) is 4.88. The maximum absolute atomic E-state index is 14.0. The van der Waals surface area contributed by atoms with Crippen LogP contribution in [0.5, 0.6) is 0 Å². The number of hydrogen-bond donors (Lipinski definition) is 0. The van der Waals surface area contributed by atoms with Crippen molar-refractivity contribution >= 4 is 23.2 Å². The Morgan fingerprint density at radius 1 is 1.33 bits per heavy atom. The summed E-state index contributed by atoms with van der Waals surface area (Å²) in [4.78, 5) is 13.3. The third-order valence-corrected chi connectivity index (χ3v) is 4.34. The first-order chi connectivity index (χ1) is 8.47. The van der Waals surface area contributed by atoms with E-state index in [1.165, 1.54) is 13.0 Å². The summed E-state index contributed by atoms with van der Waals surface area (Å²) in [5, 5.41) is 1.00. The van der Waals surface area contributed by atoms with Gasteiger partial charge in [0.15, 0.2) is 5.78 Å². The van der Waals surface area contributed by atoms with Crippen molar-refractivity contribution in [1.29, 1.82) is 0 Å². The minimum atomic E-state index is -0.297. The lowest BCUT2D eigenvalue weighted by Gasteiger charge is -2.36. The Morgan fingerprint density at radius 3 is 2.44 bits per heavy atom. The van der Waals surface area contributed by atoms with Gasteiger partial charge in [-0.05, 0) is 25.1 Å². The minimum absolute atomic E-state index is 0.101. The molecule has 4 heteroatoms. The number of Topliss-reactive ketones (excluding diaryl/α,β-unsaturated/α-hetero) is 1. The van der Waals surface area contributed by atoms with Gasteiger partial charge in [-0.3, -0.25) is 4.79 Å². The Labute approximate surface area is 112 Å². The van der Waals surface area contributed by atoms with Gasteiger partial charge in [0.2, 0.25) is 0 Å². The van der Waals surface area contributed by atoms with Crippen LogP contribution in [0.4, 0.5) is 10.1 Å². The first kappa shape index (κ1) is 13.4. The molecule has 1 saturated heterocycles. The summed E-state index contributed by atoms with van der Waals surface area (Å²) < 4.78 is 14.0. The topological polar surface area (TPSA) is 20.3 Å². The largest absolute Gasteiger partial charge is 0.367 e. The van der Waals surface area contributed by atoms with Gasteiger partial charge in [0.25, 0.3) is 0 Å². The van der Waals surface area contributed by atoms with Crippen LogP contribution in [-0.2, 0) is 0 Å². The highest BCUT2D eigenvalue weighted by atomic mass is 32.2. The molecule has 0 spiro atoms. The Morgan fingerprint density at radius 2 is 1.94 bits per heavy atom. The van der Waals surface area contributed by atoms with E-state index in [1.54, 1.807) is 12.1 Å². The van der Waals surface area contributed by atoms with Gasteiger partial charge in [-0.2, -0.15) is 11.8 Å². The zero-order valence-electron chi connectivity index (χ0n) is 10.9. The van der Waals surface area contributed by atoms with Gasteiger partial charge in [0, 0.05) is 29.2 Å². The summed E-state index contributed by atoms with van der Waals surface area (Å²) in [7, 11) is 0. The van der Waals surface area contributed by atoms with Crippen molar-refractivity contribution in [3.05, 3.63) is 29.6 Å². The second-order valence-corrected chi connectivity index (χ2v) is 6.77. The van der Waals surface area contributed by atoms with E-state index < -0.39 is 0 Å². The van der Waals surface area contributed by atoms with Crippen molar-refractivity contribution in [2.45, 2.75) is 31.3 Å². The summed E-state index contributed by atoms with van der Waals surface area (Å²) in [6.07, 6.45) is 0. The zero-order valence-corrected chi connectivity index (χ0v) is 11.8. The molecule has 2 rings (SSSR count). The molecule has 0 aromatic heterocycles. The number of carbonyl (C=O) groups excluding carboxylic acids is 1. The Bertz CT molecular complexity index is 453. The quantitative estimate of drug-likeness (QED) is 0.766. The van der Waals surface area contributed by atoms with E-state index in [9.17, 15) is 9.18 Å². The molecule has 0 N–H and O–H groups in total. The molecular weight excluding hydrogens is 249 g/mol. The summed E-state index contributed by atoms with van der Waals surface area (Å²) in [5.41, 5.74) is 1.04. The summed E-state index contributed by atoms with van der Waals surface area (Å²) in [6, 6.07) is 4.77. The molecule has 2 atom stereocenters. The van der Waals surface area contributed by atoms with Gasteiger partial charge in [-0.25, -0.2) is 4.39 Å². The standard InChI is InChI=1S/C14H18FNOS/c1-9-7-16(8-10(2)18-9)14-5-4-12(11(3)17)6-13(14)15/h4-6,9-10H,7-8H2,1-3H3. The highest BCUT2D eigenvalue weighted by molar-refractivity contribution is 8.00. The van der Waals surface area contributed by atoms with Crippen molar-refractivity contribution < 1.29 is 9.18 Å². The Balaban J connectivity index is 2.25. The highest BCUT2D eigenvalue weighted by Crippen LogP contribution is 2.30. The Hall–Kier alpha value is -1.03. The predicted molar refractivity (Wildman–Crippen MR) is 75.1 cm³/mol. The van der Waals surface area contributed by atoms with E-state index in [-0.39, 0.29) is 11.6 Å². The second kappa shape index (κ2) is 5.31.